The highest BCUT2D eigenvalue weighted by Crippen LogP contribution is 2.45. The summed E-state index contributed by atoms with van der Waals surface area (Å²) in [5.74, 6) is -1.03. The number of ether oxygens (including phenoxy) is 2. The van der Waals surface area contributed by atoms with Crippen LogP contribution in [0.25, 0.3) is 22.2 Å². The Morgan fingerprint density at radius 3 is 2.29 bits per heavy atom. The van der Waals surface area contributed by atoms with Crippen LogP contribution >= 0.6 is 0 Å². The van der Waals surface area contributed by atoms with Gasteiger partial charge in [0.1, 0.15) is 12.3 Å². The number of nitrogens with zero attached hydrogens (tertiary/aromatic N) is 2. The predicted molar refractivity (Wildman–Crippen MR) is 148 cm³/mol. The highest BCUT2D eigenvalue weighted by molar-refractivity contribution is 7.88. The molecule has 2 aromatic carbocycles. The van der Waals surface area contributed by atoms with Crippen LogP contribution in [0.5, 0.6) is 5.75 Å². The first-order valence-electron chi connectivity index (χ1n) is 13.7. The summed E-state index contributed by atoms with van der Waals surface area (Å²) in [5, 5.41) is 0.860. The van der Waals surface area contributed by atoms with Crippen LogP contribution in [0.4, 0.5) is 13.2 Å². The van der Waals surface area contributed by atoms with Crippen LogP contribution in [-0.4, -0.2) is 68.7 Å². The van der Waals surface area contributed by atoms with Gasteiger partial charge in [-0.2, -0.15) is 21.6 Å². The number of fused-ring (bicyclic) bond motifs is 1. The maximum atomic E-state index is 13.5. The van der Waals surface area contributed by atoms with Crippen LogP contribution in [0.3, 0.4) is 0 Å². The Hall–Kier alpha value is -3.58. The molecule has 1 aliphatic heterocycles. The van der Waals surface area contributed by atoms with E-state index in [0.717, 1.165) is 55.2 Å². The van der Waals surface area contributed by atoms with E-state index in [4.69, 9.17) is 9.47 Å². The van der Waals surface area contributed by atoms with E-state index in [2.05, 4.69) is 4.18 Å². The van der Waals surface area contributed by atoms with Gasteiger partial charge in [-0.1, -0.05) is 25.3 Å². The number of alkyl halides is 3. The van der Waals surface area contributed by atoms with Crippen molar-refractivity contribution in [1.82, 2.24) is 9.47 Å². The molecule has 2 aliphatic rings. The highest BCUT2D eigenvalue weighted by Gasteiger charge is 2.48. The molecule has 5 rings (SSSR count). The van der Waals surface area contributed by atoms with E-state index < -0.39 is 27.3 Å². The van der Waals surface area contributed by atoms with Crippen LogP contribution in [0.1, 0.15) is 53.9 Å². The Balaban J connectivity index is 1.67. The van der Waals surface area contributed by atoms with Gasteiger partial charge >= 0.3 is 21.6 Å². The maximum Gasteiger partial charge on any atom is 0.534 e. The number of aromatic nitrogens is 1. The molecule has 42 heavy (non-hydrogen) atoms. The summed E-state index contributed by atoms with van der Waals surface area (Å²) in [4.78, 5) is 27.7. The third-order valence-corrected chi connectivity index (χ3v) is 8.79. The molecule has 0 N–H and O–H groups in total. The number of halogens is 3. The molecule has 13 heteroatoms. The minimum Gasteiger partial charge on any atom is -0.465 e. The minimum absolute atomic E-state index is 0.0517. The van der Waals surface area contributed by atoms with Gasteiger partial charge in [0.2, 0.25) is 5.91 Å². The molecule has 0 bridgehead atoms. The molecule has 0 atom stereocenters. The average Bonchev–Trinajstić information content (AvgIpc) is 3.30. The lowest BCUT2D eigenvalue weighted by molar-refractivity contribution is -0.135. The van der Waals surface area contributed by atoms with Gasteiger partial charge in [0.15, 0.2) is 0 Å². The fraction of sp³-hybridized carbons (Fsp3) is 0.448. The summed E-state index contributed by atoms with van der Waals surface area (Å²) >= 11 is 0. The Labute approximate surface area is 241 Å². The van der Waals surface area contributed by atoms with Crippen molar-refractivity contribution < 1.29 is 44.8 Å². The molecular formula is C29H31F3N2O7S. The van der Waals surface area contributed by atoms with Gasteiger partial charge in [0, 0.05) is 18.5 Å². The Bertz CT molecular complexity index is 1570. The standard InChI is InChI=1S/C29H31F3N2O7S/c1-39-28(36)21-9-12-23-24(17-21)34(18-25(35)33-13-15-40-16-14-33)27(26(23)19-5-3-2-4-6-19)20-7-10-22(11-8-20)41-42(37,38)29(30,31)32/h7-12,17,19H,2-6,13-16,18H2,1H3. The van der Waals surface area contributed by atoms with Gasteiger partial charge in [-0.15, -0.1) is 0 Å². The zero-order valence-corrected chi connectivity index (χ0v) is 23.8. The zero-order valence-electron chi connectivity index (χ0n) is 23.0. The molecule has 0 spiro atoms. The molecule has 0 unspecified atom stereocenters. The summed E-state index contributed by atoms with van der Waals surface area (Å²) < 4.78 is 78.2. The summed E-state index contributed by atoms with van der Waals surface area (Å²) in [6.45, 7) is 1.68. The van der Waals surface area contributed by atoms with Crippen molar-refractivity contribution in [3.8, 4) is 17.0 Å². The SMILES string of the molecule is COC(=O)c1ccc2c(C3CCCCC3)c(-c3ccc(OS(=O)(=O)C(F)(F)F)cc3)n(CC(=O)N3CCOCC3)c2c1. The Morgan fingerprint density at radius 2 is 1.67 bits per heavy atom. The fourth-order valence-electron chi connectivity index (χ4n) is 5.79. The number of methoxy groups -OCH3 is 1. The van der Waals surface area contributed by atoms with Crippen LogP contribution in [0.15, 0.2) is 42.5 Å². The molecule has 9 nitrogen and oxygen atoms in total. The van der Waals surface area contributed by atoms with E-state index in [1.54, 1.807) is 17.0 Å². The van der Waals surface area contributed by atoms with E-state index in [-0.39, 0.29) is 18.4 Å². The van der Waals surface area contributed by atoms with Crippen molar-refractivity contribution in [2.45, 2.75) is 50.1 Å². The van der Waals surface area contributed by atoms with Gasteiger partial charge in [0.05, 0.1) is 37.1 Å². The molecule has 1 amide bonds. The molecule has 3 aromatic rings. The van der Waals surface area contributed by atoms with Crippen LogP contribution in [0.2, 0.25) is 0 Å². The number of carbonyl (C=O) groups excluding carboxylic acids is 2. The third-order valence-electron chi connectivity index (χ3n) is 7.81. The van der Waals surface area contributed by atoms with E-state index in [0.29, 0.717) is 48.6 Å². The lowest BCUT2D eigenvalue weighted by atomic mass is 9.82. The molecule has 1 aliphatic carbocycles. The van der Waals surface area contributed by atoms with Crippen molar-refractivity contribution >= 4 is 32.9 Å². The van der Waals surface area contributed by atoms with Crippen molar-refractivity contribution in [3.63, 3.8) is 0 Å². The molecule has 1 aromatic heterocycles. The molecule has 1 saturated carbocycles. The van der Waals surface area contributed by atoms with E-state index in [1.165, 1.54) is 19.2 Å². The summed E-state index contributed by atoms with van der Waals surface area (Å²) in [6, 6.07) is 10.5. The van der Waals surface area contributed by atoms with E-state index in [1.807, 2.05) is 10.6 Å². The number of amides is 1. The fourth-order valence-corrected chi connectivity index (χ4v) is 6.25. The maximum absolute atomic E-state index is 13.5. The van der Waals surface area contributed by atoms with Crippen molar-refractivity contribution in [2.24, 2.45) is 0 Å². The van der Waals surface area contributed by atoms with Crippen molar-refractivity contribution in [2.75, 3.05) is 33.4 Å². The summed E-state index contributed by atoms with van der Waals surface area (Å²) in [5.41, 5.74) is -2.37. The predicted octanol–water partition coefficient (Wildman–Crippen LogP) is 5.23. The van der Waals surface area contributed by atoms with E-state index in [9.17, 15) is 31.2 Å². The first-order chi connectivity index (χ1) is 20.0. The highest BCUT2D eigenvalue weighted by atomic mass is 32.2. The first-order valence-corrected chi connectivity index (χ1v) is 15.1. The lowest BCUT2D eigenvalue weighted by Gasteiger charge is -2.28. The molecular weight excluding hydrogens is 577 g/mol. The molecule has 226 valence electrons. The molecule has 2 heterocycles. The average molecular weight is 609 g/mol. The van der Waals surface area contributed by atoms with Gasteiger partial charge in [0.25, 0.3) is 0 Å². The van der Waals surface area contributed by atoms with Gasteiger partial charge < -0.3 is 23.1 Å². The van der Waals surface area contributed by atoms with Crippen molar-refractivity contribution in [1.29, 1.82) is 0 Å². The molecule has 2 fully saturated rings. The van der Waals surface area contributed by atoms with E-state index >= 15 is 0 Å². The number of rotatable bonds is 7. The topological polar surface area (TPSA) is 104 Å². The summed E-state index contributed by atoms with van der Waals surface area (Å²) in [7, 11) is -4.55. The lowest BCUT2D eigenvalue weighted by Crippen LogP contribution is -2.42. The van der Waals surface area contributed by atoms with Gasteiger partial charge in [-0.25, -0.2) is 4.79 Å². The number of carbonyl (C=O) groups is 2. The minimum atomic E-state index is -5.84. The van der Waals surface area contributed by atoms with Crippen LogP contribution in [0, 0.1) is 0 Å². The molecule has 1 saturated heterocycles. The van der Waals surface area contributed by atoms with Crippen LogP contribution < -0.4 is 4.18 Å². The summed E-state index contributed by atoms with van der Waals surface area (Å²) in [6.07, 6.45) is 4.96. The second-order valence-corrected chi connectivity index (χ2v) is 11.9. The number of benzene rings is 2. The second kappa shape index (κ2) is 12.0. The normalized spacial score (nSPS) is 16.9. The van der Waals surface area contributed by atoms with Crippen molar-refractivity contribution in [3.05, 3.63) is 53.6 Å². The second-order valence-electron chi connectivity index (χ2n) is 10.4. The largest absolute Gasteiger partial charge is 0.534 e. The first kappa shape index (κ1) is 29.9. The number of hydrogen-bond donors (Lipinski definition) is 0. The number of esters is 1. The Kier molecular flexibility index (Phi) is 8.51. The van der Waals surface area contributed by atoms with Gasteiger partial charge in [-0.05, 0) is 66.3 Å². The zero-order chi connectivity index (χ0) is 30.1. The number of morpholine rings is 1. The molecule has 0 radical (unpaired) electrons. The monoisotopic (exact) mass is 608 g/mol. The number of hydrogen-bond acceptors (Lipinski definition) is 7. The van der Waals surface area contributed by atoms with Gasteiger partial charge in [-0.3, -0.25) is 4.79 Å². The smallest absolute Gasteiger partial charge is 0.465 e. The Morgan fingerprint density at radius 1 is 1.00 bits per heavy atom. The third kappa shape index (κ3) is 5.98. The van der Waals surface area contributed by atoms with Crippen LogP contribution in [-0.2, 0) is 30.9 Å². The quantitative estimate of drug-likeness (QED) is 0.206.